The number of urea groups is 1. The number of carbonyl (C=O) groups excluding carboxylic acids is 2. The van der Waals surface area contributed by atoms with Gasteiger partial charge in [-0.2, -0.15) is 0 Å². The molecule has 21 heavy (non-hydrogen) atoms. The zero-order valence-electron chi connectivity index (χ0n) is 12.0. The summed E-state index contributed by atoms with van der Waals surface area (Å²) in [4.78, 5) is 36.7. The monoisotopic (exact) mass is 313 g/mol. The number of carboxylic acids is 1. The highest BCUT2D eigenvalue weighted by molar-refractivity contribution is 7.10. The molecule has 1 aromatic heterocycles. The topological polar surface area (TPSA) is 98.7 Å². The van der Waals surface area contributed by atoms with Gasteiger partial charge in [-0.3, -0.25) is 4.79 Å². The van der Waals surface area contributed by atoms with Gasteiger partial charge < -0.3 is 20.6 Å². The molecule has 0 radical (unpaired) electrons. The summed E-state index contributed by atoms with van der Waals surface area (Å²) in [5.74, 6) is -1.44. The first-order chi connectivity index (χ1) is 9.99. The van der Waals surface area contributed by atoms with E-state index in [9.17, 15) is 19.5 Å². The summed E-state index contributed by atoms with van der Waals surface area (Å²) >= 11 is 1.25. The van der Waals surface area contributed by atoms with Crippen molar-refractivity contribution in [1.29, 1.82) is 0 Å². The van der Waals surface area contributed by atoms with Crippen LogP contribution in [0, 0.1) is 0 Å². The van der Waals surface area contributed by atoms with Crippen molar-refractivity contribution >= 4 is 29.2 Å². The van der Waals surface area contributed by atoms with E-state index in [0.717, 1.165) is 0 Å². The molecule has 1 atom stereocenters. The first kappa shape index (κ1) is 17.0. The van der Waals surface area contributed by atoms with Crippen molar-refractivity contribution in [3.05, 3.63) is 22.4 Å². The number of carbonyl (C=O) groups is 3. The molecule has 0 aliphatic heterocycles. The Morgan fingerprint density at radius 3 is 2.62 bits per heavy atom. The van der Waals surface area contributed by atoms with E-state index in [1.54, 1.807) is 17.5 Å². The van der Waals surface area contributed by atoms with Crippen LogP contribution in [0.4, 0.5) is 4.79 Å². The summed E-state index contributed by atoms with van der Waals surface area (Å²) in [6.45, 7) is 2.14. The lowest BCUT2D eigenvalue weighted by atomic mass is 10.2. The number of carboxylic acid groups (broad SMARTS) is 1. The van der Waals surface area contributed by atoms with Crippen LogP contribution in [-0.2, 0) is 9.59 Å². The molecule has 0 spiro atoms. The Labute approximate surface area is 126 Å². The summed E-state index contributed by atoms with van der Waals surface area (Å²) in [6.07, 6.45) is 0.668. The van der Waals surface area contributed by atoms with E-state index in [1.165, 1.54) is 23.3 Å². The number of thiophene rings is 1. The average Bonchev–Trinajstić information content (AvgIpc) is 2.97. The quantitative estimate of drug-likeness (QED) is 0.700. The van der Waals surface area contributed by atoms with E-state index in [0.29, 0.717) is 17.8 Å². The van der Waals surface area contributed by atoms with Crippen molar-refractivity contribution in [2.24, 2.45) is 0 Å². The summed E-state index contributed by atoms with van der Waals surface area (Å²) in [7, 11) is 1.48. The lowest BCUT2D eigenvalue weighted by Gasteiger charge is -2.23. The summed E-state index contributed by atoms with van der Waals surface area (Å²) in [5.41, 5.74) is 0. The summed E-state index contributed by atoms with van der Waals surface area (Å²) in [5, 5.41) is 15.9. The van der Waals surface area contributed by atoms with Crippen molar-refractivity contribution in [2.75, 3.05) is 20.1 Å². The minimum Gasteiger partial charge on any atom is -0.479 e. The first-order valence-corrected chi connectivity index (χ1v) is 7.39. The van der Waals surface area contributed by atoms with Crippen LogP contribution in [0.15, 0.2) is 17.5 Å². The number of hydrogen-bond acceptors (Lipinski definition) is 4. The lowest BCUT2D eigenvalue weighted by Crippen LogP contribution is -2.47. The third-order valence-corrected chi connectivity index (χ3v) is 3.67. The number of nitrogens with one attached hydrogen (secondary N) is 2. The van der Waals surface area contributed by atoms with E-state index in [-0.39, 0.29) is 12.5 Å². The molecule has 1 heterocycles. The fraction of sp³-hybridized carbons (Fsp3) is 0.462. The van der Waals surface area contributed by atoms with Gasteiger partial charge in [-0.25, -0.2) is 9.59 Å². The van der Waals surface area contributed by atoms with Crippen LogP contribution in [0.25, 0.3) is 0 Å². The van der Waals surface area contributed by atoms with E-state index in [1.807, 2.05) is 6.92 Å². The number of aliphatic carboxylic acids is 1. The fourth-order valence-corrected chi connectivity index (χ4v) is 2.47. The second-order valence-corrected chi connectivity index (χ2v) is 5.31. The number of amides is 3. The molecule has 116 valence electrons. The second kappa shape index (κ2) is 8.25. The zero-order valence-corrected chi connectivity index (χ0v) is 12.8. The normalized spacial score (nSPS) is 11.5. The molecule has 0 aliphatic carbocycles. The van der Waals surface area contributed by atoms with E-state index >= 15 is 0 Å². The zero-order chi connectivity index (χ0) is 15.8. The Bertz CT molecular complexity index is 490. The number of rotatable bonds is 7. The molecular weight excluding hydrogens is 294 g/mol. The van der Waals surface area contributed by atoms with Gasteiger partial charge in [0, 0.05) is 18.5 Å². The minimum atomic E-state index is -1.14. The maximum atomic E-state index is 12.2. The molecule has 0 fully saturated rings. The molecular formula is C13H19N3O4S. The van der Waals surface area contributed by atoms with Crippen LogP contribution in [0.2, 0.25) is 0 Å². The van der Waals surface area contributed by atoms with Crippen molar-refractivity contribution in [2.45, 2.75) is 19.4 Å². The molecule has 0 saturated carbocycles. The molecule has 3 N–H and O–H groups in total. The molecule has 0 aliphatic rings. The molecule has 1 aromatic rings. The van der Waals surface area contributed by atoms with Gasteiger partial charge >= 0.3 is 12.0 Å². The average molecular weight is 313 g/mol. The maximum Gasteiger partial charge on any atom is 0.331 e. The highest BCUT2D eigenvalue weighted by Gasteiger charge is 2.26. The standard InChI is InChI=1S/C13H19N3O4S/c1-3-6-16(8-10(17)14-2)13(20)15-11(12(18)19)9-5-4-7-21-9/h4-5,7,11H,3,6,8H2,1-2H3,(H,14,17)(H,15,20)(H,18,19). The largest absolute Gasteiger partial charge is 0.479 e. The van der Waals surface area contributed by atoms with E-state index < -0.39 is 18.0 Å². The van der Waals surface area contributed by atoms with Gasteiger partial charge in [0.1, 0.15) is 6.54 Å². The van der Waals surface area contributed by atoms with Gasteiger partial charge in [0.25, 0.3) is 0 Å². The molecule has 7 nitrogen and oxygen atoms in total. The van der Waals surface area contributed by atoms with Gasteiger partial charge in [-0.15, -0.1) is 11.3 Å². The Morgan fingerprint density at radius 1 is 1.43 bits per heavy atom. The van der Waals surface area contributed by atoms with Crippen LogP contribution < -0.4 is 10.6 Å². The highest BCUT2D eigenvalue weighted by Crippen LogP contribution is 2.19. The van der Waals surface area contributed by atoms with Gasteiger partial charge in [0.2, 0.25) is 5.91 Å². The molecule has 8 heteroatoms. The second-order valence-electron chi connectivity index (χ2n) is 4.33. The smallest absolute Gasteiger partial charge is 0.331 e. The molecule has 0 saturated heterocycles. The Kier molecular flexibility index (Phi) is 6.67. The number of likely N-dealkylation sites (N-methyl/N-ethyl adjacent to an activating group) is 1. The van der Waals surface area contributed by atoms with Crippen molar-refractivity contribution in [3.63, 3.8) is 0 Å². The molecule has 3 amide bonds. The predicted molar refractivity (Wildman–Crippen MR) is 79.2 cm³/mol. The van der Waals surface area contributed by atoms with Gasteiger partial charge in [0.05, 0.1) is 0 Å². The number of hydrogen-bond donors (Lipinski definition) is 3. The summed E-state index contributed by atoms with van der Waals surface area (Å²) < 4.78 is 0. The highest BCUT2D eigenvalue weighted by atomic mass is 32.1. The molecule has 0 aromatic carbocycles. The Morgan fingerprint density at radius 2 is 2.14 bits per heavy atom. The van der Waals surface area contributed by atoms with Crippen LogP contribution in [0.1, 0.15) is 24.3 Å². The van der Waals surface area contributed by atoms with Gasteiger partial charge in [-0.1, -0.05) is 13.0 Å². The molecule has 1 rings (SSSR count). The Hall–Kier alpha value is -2.09. The van der Waals surface area contributed by atoms with Crippen molar-refractivity contribution in [1.82, 2.24) is 15.5 Å². The molecule has 1 unspecified atom stereocenters. The van der Waals surface area contributed by atoms with Crippen LogP contribution in [0.5, 0.6) is 0 Å². The first-order valence-electron chi connectivity index (χ1n) is 6.51. The summed E-state index contributed by atoms with van der Waals surface area (Å²) in [6, 6.07) is 1.69. The Balaban J connectivity index is 2.78. The van der Waals surface area contributed by atoms with Gasteiger partial charge in [-0.05, 0) is 17.9 Å². The van der Waals surface area contributed by atoms with E-state index in [2.05, 4.69) is 10.6 Å². The van der Waals surface area contributed by atoms with Crippen LogP contribution in [0.3, 0.4) is 0 Å². The van der Waals surface area contributed by atoms with Crippen LogP contribution in [-0.4, -0.2) is 48.1 Å². The fourth-order valence-electron chi connectivity index (χ4n) is 1.70. The van der Waals surface area contributed by atoms with E-state index in [4.69, 9.17) is 0 Å². The van der Waals surface area contributed by atoms with Crippen LogP contribution >= 0.6 is 11.3 Å². The van der Waals surface area contributed by atoms with Crippen molar-refractivity contribution in [3.8, 4) is 0 Å². The SMILES string of the molecule is CCCN(CC(=O)NC)C(=O)NC(C(=O)O)c1cccs1. The predicted octanol–water partition coefficient (Wildman–Crippen LogP) is 1.04. The number of nitrogens with zero attached hydrogens (tertiary/aromatic N) is 1. The minimum absolute atomic E-state index is 0.104. The third-order valence-electron chi connectivity index (χ3n) is 2.74. The third kappa shape index (κ3) is 5.07. The van der Waals surface area contributed by atoms with Crippen molar-refractivity contribution < 1.29 is 19.5 Å². The molecule has 0 bridgehead atoms. The maximum absolute atomic E-state index is 12.2. The van der Waals surface area contributed by atoms with Gasteiger partial charge in [0.15, 0.2) is 6.04 Å². The lowest BCUT2D eigenvalue weighted by molar-refractivity contribution is -0.139.